The van der Waals surface area contributed by atoms with E-state index in [0.717, 1.165) is 24.7 Å². The van der Waals surface area contributed by atoms with E-state index >= 15 is 0 Å². The number of para-hydroxylation sites is 1. The van der Waals surface area contributed by atoms with E-state index in [9.17, 15) is 35.9 Å². The van der Waals surface area contributed by atoms with Crippen molar-refractivity contribution in [3.8, 4) is 0 Å². The molecule has 0 aliphatic heterocycles. The highest BCUT2D eigenvalue weighted by atomic mass is 19.4. The van der Waals surface area contributed by atoms with E-state index in [4.69, 9.17) is 0 Å². The SMILES string of the molecule is CCCN(/C=C(\C(=O)C(F)(F)F)c1ccccc1)c1ccccc1.CCCN/C=C(\C(=O)C(F)(F)F)c1ccccc1. The Morgan fingerprint density at radius 1 is 0.667 bits per heavy atom. The highest BCUT2D eigenvalue weighted by molar-refractivity contribution is 6.24. The third-order valence-electron chi connectivity index (χ3n) is 5.65. The van der Waals surface area contributed by atoms with Crippen LogP contribution < -0.4 is 10.2 Å². The molecule has 3 aromatic rings. The van der Waals surface area contributed by atoms with E-state index in [0.29, 0.717) is 13.1 Å². The minimum Gasteiger partial charge on any atom is -0.390 e. The summed E-state index contributed by atoms with van der Waals surface area (Å²) < 4.78 is 76.5. The number of Topliss-reactive ketones (excluding diaryl/α,β-unsaturated/α-hetero) is 2. The van der Waals surface area contributed by atoms with Crippen LogP contribution in [0.3, 0.4) is 0 Å². The smallest absolute Gasteiger partial charge is 0.390 e. The number of alkyl halides is 6. The molecule has 3 aromatic carbocycles. The topological polar surface area (TPSA) is 49.4 Å². The van der Waals surface area contributed by atoms with Crippen LogP contribution in [-0.4, -0.2) is 37.0 Å². The summed E-state index contributed by atoms with van der Waals surface area (Å²) in [5.41, 5.74) is 0.514. The number of benzene rings is 3. The molecule has 0 spiro atoms. The van der Waals surface area contributed by atoms with Gasteiger partial charge in [-0.3, -0.25) is 9.59 Å². The zero-order chi connectivity index (χ0) is 31.2. The Hall–Kier alpha value is -4.34. The molecule has 0 saturated heterocycles. The Labute approximate surface area is 241 Å². The fourth-order valence-electron chi connectivity index (χ4n) is 3.69. The molecule has 0 fully saturated rings. The predicted molar refractivity (Wildman–Crippen MR) is 153 cm³/mol. The van der Waals surface area contributed by atoms with Gasteiger partial charge in [-0.25, -0.2) is 0 Å². The van der Waals surface area contributed by atoms with Gasteiger partial charge in [-0.2, -0.15) is 26.3 Å². The van der Waals surface area contributed by atoms with Crippen molar-refractivity contribution in [1.29, 1.82) is 0 Å². The summed E-state index contributed by atoms with van der Waals surface area (Å²) in [7, 11) is 0. The van der Waals surface area contributed by atoms with Gasteiger partial charge in [0.25, 0.3) is 11.6 Å². The van der Waals surface area contributed by atoms with Crippen molar-refractivity contribution in [3.05, 3.63) is 115 Å². The average molecular weight is 591 g/mol. The zero-order valence-electron chi connectivity index (χ0n) is 23.2. The molecule has 4 nitrogen and oxygen atoms in total. The highest BCUT2D eigenvalue weighted by Crippen LogP contribution is 2.29. The fourth-order valence-corrected chi connectivity index (χ4v) is 3.69. The van der Waals surface area contributed by atoms with Crippen molar-refractivity contribution in [1.82, 2.24) is 5.32 Å². The highest BCUT2D eigenvalue weighted by Gasteiger charge is 2.42. The van der Waals surface area contributed by atoms with E-state index in [1.54, 1.807) is 65.6 Å². The van der Waals surface area contributed by atoms with Crippen molar-refractivity contribution in [2.24, 2.45) is 0 Å². The van der Waals surface area contributed by atoms with Crippen LogP contribution in [0.15, 0.2) is 103 Å². The van der Waals surface area contributed by atoms with E-state index in [-0.39, 0.29) is 22.3 Å². The Morgan fingerprint density at radius 2 is 1.10 bits per heavy atom. The minimum atomic E-state index is -4.92. The summed E-state index contributed by atoms with van der Waals surface area (Å²) in [6, 6.07) is 24.8. The van der Waals surface area contributed by atoms with Crippen molar-refractivity contribution in [2.75, 3.05) is 18.0 Å². The first-order valence-corrected chi connectivity index (χ1v) is 13.2. The first-order chi connectivity index (χ1) is 19.9. The second-order valence-electron chi connectivity index (χ2n) is 8.97. The van der Waals surface area contributed by atoms with Crippen LogP contribution in [0.4, 0.5) is 32.0 Å². The summed E-state index contributed by atoms with van der Waals surface area (Å²) in [6.07, 6.45) is -5.86. The number of hydrogen-bond acceptors (Lipinski definition) is 4. The molecule has 0 aromatic heterocycles. The van der Waals surface area contributed by atoms with Crippen molar-refractivity contribution in [2.45, 2.75) is 39.0 Å². The van der Waals surface area contributed by atoms with Crippen LogP contribution in [0.5, 0.6) is 0 Å². The van der Waals surface area contributed by atoms with Crippen LogP contribution in [0.2, 0.25) is 0 Å². The molecule has 0 bridgehead atoms. The summed E-state index contributed by atoms with van der Waals surface area (Å²) in [5, 5.41) is 2.70. The van der Waals surface area contributed by atoms with Crippen molar-refractivity contribution < 1.29 is 35.9 Å². The lowest BCUT2D eigenvalue weighted by Gasteiger charge is -2.22. The minimum absolute atomic E-state index is 0.247. The second kappa shape index (κ2) is 16.2. The van der Waals surface area contributed by atoms with Crippen molar-refractivity contribution in [3.63, 3.8) is 0 Å². The van der Waals surface area contributed by atoms with Crippen LogP contribution in [0.1, 0.15) is 37.8 Å². The van der Waals surface area contributed by atoms with Gasteiger partial charge < -0.3 is 10.2 Å². The number of allylic oxidation sites excluding steroid dienone is 2. The van der Waals surface area contributed by atoms with Gasteiger partial charge >= 0.3 is 12.4 Å². The number of nitrogens with zero attached hydrogens (tertiary/aromatic N) is 1. The Morgan fingerprint density at radius 3 is 1.52 bits per heavy atom. The van der Waals surface area contributed by atoms with Gasteiger partial charge in [0, 0.05) is 31.2 Å². The maximum atomic E-state index is 13.0. The molecule has 0 unspecified atom stereocenters. The molecule has 0 aliphatic rings. The first kappa shape index (κ1) is 33.9. The van der Waals surface area contributed by atoms with Gasteiger partial charge in [-0.1, -0.05) is 92.7 Å². The molecule has 0 saturated carbocycles. The molecule has 0 aliphatic carbocycles. The zero-order valence-corrected chi connectivity index (χ0v) is 23.2. The lowest BCUT2D eigenvalue weighted by atomic mass is 10.0. The van der Waals surface area contributed by atoms with Gasteiger partial charge in [-0.15, -0.1) is 0 Å². The number of carbonyl (C=O) groups excluding carboxylic acids is 2. The molecule has 42 heavy (non-hydrogen) atoms. The maximum absolute atomic E-state index is 13.0. The van der Waals surface area contributed by atoms with Crippen LogP contribution >= 0.6 is 0 Å². The summed E-state index contributed by atoms with van der Waals surface area (Å²) in [4.78, 5) is 24.9. The lowest BCUT2D eigenvalue weighted by Crippen LogP contribution is -2.26. The molecule has 0 amide bonds. The van der Waals surface area contributed by atoms with Crippen LogP contribution in [0.25, 0.3) is 11.1 Å². The molecule has 3 rings (SSSR count). The first-order valence-electron chi connectivity index (χ1n) is 13.2. The average Bonchev–Trinajstić information content (AvgIpc) is 2.97. The van der Waals surface area contributed by atoms with E-state index in [1.165, 1.54) is 30.5 Å². The standard InChI is InChI=1S/C19H18F3NO.C13H14F3NO/c1-2-13-23(16-11-7-4-8-12-16)14-17(18(24)19(20,21)22)15-9-5-3-6-10-15;1-2-8-17-9-11(12(18)13(14,15)16)10-6-4-3-5-7-10/h3-12,14H,2,13H2,1H3;3-7,9,17H,2,8H2,1H3/b17-14-;11-9-. The Balaban J connectivity index is 0.000000307. The quantitative estimate of drug-likeness (QED) is 0.139. The number of halogens is 6. The van der Waals surface area contributed by atoms with Crippen molar-refractivity contribution >= 4 is 28.4 Å². The molecule has 0 atom stereocenters. The monoisotopic (exact) mass is 590 g/mol. The Bertz CT molecular complexity index is 1320. The molecular formula is C32H32F6N2O2. The summed E-state index contributed by atoms with van der Waals surface area (Å²) in [5.74, 6) is -3.68. The number of anilines is 1. The normalized spacial score (nSPS) is 12.2. The maximum Gasteiger partial charge on any atom is 0.454 e. The molecule has 1 N–H and O–H groups in total. The van der Waals surface area contributed by atoms with Crippen LogP contribution in [-0.2, 0) is 9.59 Å². The number of rotatable bonds is 11. The third-order valence-corrected chi connectivity index (χ3v) is 5.65. The van der Waals surface area contributed by atoms with E-state index < -0.39 is 23.9 Å². The van der Waals surface area contributed by atoms with Gasteiger partial charge in [0.15, 0.2) is 0 Å². The third kappa shape index (κ3) is 10.6. The predicted octanol–water partition coefficient (Wildman–Crippen LogP) is 8.23. The second-order valence-corrected chi connectivity index (χ2v) is 8.97. The fraction of sp³-hybridized carbons (Fsp3) is 0.250. The molecular weight excluding hydrogens is 558 g/mol. The lowest BCUT2D eigenvalue weighted by molar-refractivity contribution is -0.164. The molecule has 224 valence electrons. The number of nitrogens with one attached hydrogen (secondary N) is 1. The number of hydrogen-bond donors (Lipinski definition) is 1. The number of ketones is 2. The van der Waals surface area contributed by atoms with Gasteiger partial charge in [-0.05, 0) is 36.1 Å². The largest absolute Gasteiger partial charge is 0.454 e. The molecule has 0 radical (unpaired) electrons. The Kier molecular flexibility index (Phi) is 13.1. The summed E-state index contributed by atoms with van der Waals surface area (Å²) >= 11 is 0. The molecule has 10 heteroatoms. The van der Waals surface area contributed by atoms with E-state index in [1.807, 2.05) is 19.9 Å². The van der Waals surface area contributed by atoms with Crippen LogP contribution in [0, 0.1) is 0 Å². The number of carbonyl (C=O) groups is 2. The van der Waals surface area contributed by atoms with Gasteiger partial charge in [0.2, 0.25) is 0 Å². The summed E-state index contributed by atoms with van der Waals surface area (Å²) in [6.45, 7) is 4.83. The van der Waals surface area contributed by atoms with Gasteiger partial charge in [0.1, 0.15) is 0 Å². The van der Waals surface area contributed by atoms with Gasteiger partial charge in [0.05, 0.1) is 11.1 Å². The van der Waals surface area contributed by atoms with E-state index in [2.05, 4.69) is 5.32 Å². The molecule has 0 heterocycles.